The molecular formula is C17H28Cl2O2S. The minimum absolute atomic E-state index is 1.27. The van der Waals surface area contributed by atoms with Crippen molar-refractivity contribution >= 4 is 29.6 Å². The Bertz CT molecular complexity index is 479. The predicted molar refractivity (Wildman–Crippen MR) is 98.1 cm³/mol. The van der Waals surface area contributed by atoms with Crippen molar-refractivity contribution in [2.45, 2.75) is 71.6 Å². The van der Waals surface area contributed by atoms with Crippen molar-refractivity contribution in [1.82, 2.24) is 0 Å². The quantitative estimate of drug-likeness (QED) is 0.374. The third kappa shape index (κ3) is 16.1. The van der Waals surface area contributed by atoms with Crippen molar-refractivity contribution in [2.24, 2.45) is 0 Å². The number of benzene rings is 1. The van der Waals surface area contributed by atoms with E-state index in [1.807, 2.05) is 0 Å². The molecule has 0 aliphatic carbocycles. The lowest BCUT2D eigenvalue weighted by molar-refractivity contribution is 0.575. The van der Waals surface area contributed by atoms with Crippen LogP contribution in [-0.2, 0) is 14.7 Å². The van der Waals surface area contributed by atoms with Crippen molar-refractivity contribution in [3.05, 3.63) is 35.4 Å². The molecular weight excluding hydrogens is 339 g/mol. The first-order valence-electron chi connectivity index (χ1n) is 8.03. The fourth-order valence-electron chi connectivity index (χ4n) is 2.34. The molecule has 0 aliphatic heterocycles. The van der Waals surface area contributed by atoms with Gasteiger partial charge >= 0.3 is 8.26 Å². The topological polar surface area (TPSA) is 34.1 Å². The van der Waals surface area contributed by atoms with E-state index < -0.39 is 8.26 Å². The molecule has 0 heterocycles. The Kier molecular flexibility index (Phi) is 13.1. The largest absolute Gasteiger partial charge is 0.317 e. The number of aryl methyl sites for hydroxylation is 2. The third-order valence-electron chi connectivity index (χ3n) is 3.56. The summed E-state index contributed by atoms with van der Waals surface area (Å²) in [5, 5.41) is 0. The van der Waals surface area contributed by atoms with E-state index in [1.165, 1.54) is 63.4 Å². The average Bonchev–Trinajstić information content (AvgIpc) is 2.42. The highest BCUT2D eigenvalue weighted by atomic mass is 36.0. The molecule has 2 nitrogen and oxygen atoms in total. The monoisotopic (exact) mass is 366 g/mol. The second-order valence-corrected chi connectivity index (χ2v) is 9.20. The van der Waals surface area contributed by atoms with Crippen LogP contribution in [0.1, 0.15) is 69.4 Å². The van der Waals surface area contributed by atoms with Gasteiger partial charge in [-0.25, -0.2) is 0 Å². The summed E-state index contributed by atoms with van der Waals surface area (Å²) in [5.74, 6) is 0. The van der Waals surface area contributed by atoms with E-state index in [0.717, 1.165) is 0 Å². The predicted octanol–water partition coefficient (Wildman–Crippen LogP) is 6.39. The van der Waals surface area contributed by atoms with Gasteiger partial charge in [-0.05, 0) is 30.9 Å². The van der Waals surface area contributed by atoms with Gasteiger partial charge in [0.1, 0.15) is 0 Å². The summed E-state index contributed by atoms with van der Waals surface area (Å²) in [5.41, 5.74) is 2.99. The summed E-state index contributed by atoms with van der Waals surface area (Å²) in [6.07, 6.45) is 12.5. The number of hydrogen-bond donors (Lipinski definition) is 0. The van der Waals surface area contributed by atoms with Crippen molar-refractivity contribution in [3.63, 3.8) is 0 Å². The SMILES string of the molecule is CCCCCCCCCCc1ccccc1C.O=S(=O)(Cl)Cl. The summed E-state index contributed by atoms with van der Waals surface area (Å²) in [4.78, 5) is 0. The standard InChI is InChI=1S/C17H28.Cl2O2S/c1-3-4-5-6-7-8-9-10-14-17-15-12-11-13-16(17)2;1-5(2,3)4/h11-13,15H,3-10,14H2,1-2H3;. The van der Waals surface area contributed by atoms with Crippen LogP contribution >= 0.6 is 21.4 Å². The number of halogens is 2. The van der Waals surface area contributed by atoms with Crippen LogP contribution < -0.4 is 0 Å². The van der Waals surface area contributed by atoms with Gasteiger partial charge in [0.15, 0.2) is 0 Å². The first kappa shape index (κ1) is 21.8. The highest BCUT2D eigenvalue weighted by molar-refractivity contribution is 8.31. The van der Waals surface area contributed by atoms with E-state index >= 15 is 0 Å². The molecule has 5 heteroatoms. The van der Waals surface area contributed by atoms with Gasteiger partial charge in [-0.2, -0.15) is 8.42 Å². The summed E-state index contributed by atoms with van der Waals surface area (Å²) in [7, 11) is 4.81. The maximum Gasteiger partial charge on any atom is 0.317 e. The molecule has 0 unspecified atom stereocenters. The minimum atomic E-state index is -3.72. The number of hydrogen-bond acceptors (Lipinski definition) is 2. The van der Waals surface area contributed by atoms with E-state index in [9.17, 15) is 0 Å². The molecule has 22 heavy (non-hydrogen) atoms. The molecule has 0 aliphatic rings. The fourth-order valence-corrected chi connectivity index (χ4v) is 2.34. The van der Waals surface area contributed by atoms with Gasteiger partial charge in [0, 0.05) is 21.4 Å². The Hall–Kier alpha value is -0.250. The molecule has 0 fully saturated rings. The van der Waals surface area contributed by atoms with E-state index in [1.54, 1.807) is 5.56 Å². The van der Waals surface area contributed by atoms with Crippen molar-refractivity contribution in [2.75, 3.05) is 0 Å². The van der Waals surface area contributed by atoms with Crippen LogP contribution in [0.5, 0.6) is 0 Å². The Morgan fingerprint density at radius 3 is 1.82 bits per heavy atom. The van der Waals surface area contributed by atoms with E-state index in [0.29, 0.717) is 0 Å². The molecule has 0 saturated heterocycles. The maximum absolute atomic E-state index is 9.16. The first-order valence-corrected chi connectivity index (χ1v) is 11.2. The molecule has 0 radical (unpaired) electrons. The van der Waals surface area contributed by atoms with Crippen LogP contribution in [0.25, 0.3) is 0 Å². The Labute approximate surface area is 145 Å². The molecule has 128 valence electrons. The lowest BCUT2D eigenvalue weighted by Gasteiger charge is -2.05. The smallest absolute Gasteiger partial charge is 0.195 e. The Morgan fingerprint density at radius 1 is 0.864 bits per heavy atom. The second-order valence-electron chi connectivity index (χ2n) is 5.53. The summed E-state index contributed by atoms with van der Waals surface area (Å²) < 4.78 is 18.3. The summed E-state index contributed by atoms with van der Waals surface area (Å²) in [6.45, 7) is 4.50. The van der Waals surface area contributed by atoms with Crippen LogP contribution in [0.3, 0.4) is 0 Å². The number of rotatable bonds is 9. The van der Waals surface area contributed by atoms with Crippen LogP contribution in [0.2, 0.25) is 0 Å². The molecule has 1 rings (SSSR count). The Morgan fingerprint density at radius 2 is 1.32 bits per heavy atom. The van der Waals surface area contributed by atoms with Gasteiger partial charge in [0.05, 0.1) is 0 Å². The highest BCUT2D eigenvalue weighted by Gasteiger charge is 1.97. The molecule has 1 aromatic rings. The second kappa shape index (κ2) is 13.2. The lowest BCUT2D eigenvalue weighted by Crippen LogP contribution is -1.89. The molecule has 0 N–H and O–H groups in total. The van der Waals surface area contributed by atoms with Gasteiger partial charge in [-0.15, -0.1) is 0 Å². The zero-order valence-corrected chi connectivity index (χ0v) is 16.0. The van der Waals surface area contributed by atoms with Crippen molar-refractivity contribution in [3.8, 4) is 0 Å². The maximum atomic E-state index is 9.16. The minimum Gasteiger partial charge on any atom is -0.195 e. The summed E-state index contributed by atoms with van der Waals surface area (Å²) in [6, 6.07) is 8.79. The zero-order valence-electron chi connectivity index (χ0n) is 13.7. The highest BCUT2D eigenvalue weighted by Crippen LogP contribution is 2.13. The molecule has 0 aromatic heterocycles. The summed E-state index contributed by atoms with van der Waals surface area (Å²) >= 11 is 0. The van der Waals surface area contributed by atoms with Gasteiger partial charge in [-0.1, -0.05) is 76.1 Å². The van der Waals surface area contributed by atoms with E-state index in [4.69, 9.17) is 8.42 Å². The van der Waals surface area contributed by atoms with Crippen LogP contribution in [-0.4, -0.2) is 8.42 Å². The van der Waals surface area contributed by atoms with Gasteiger partial charge in [0.25, 0.3) is 0 Å². The molecule has 0 spiro atoms. The van der Waals surface area contributed by atoms with Gasteiger partial charge in [0.2, 0.25) is 0 Å². The molecule has 1 aromatic carbocycles. The first-order chi connectivity index (χ1) is 10.3. The zero-order chi connectivity index (χ0) is 16.8. The van der Waals surface area contributed by atoms with Crippen LogP contribution in [0.15, 0.2) is 24.3 Å². The Balaban J connectivity index is 0.000000763. The third-order valence-corrected chi connectivity index (χ3v) is 3.56. The van der Waals surface area contributed by atoms with Gasteiger partial charge < -0.3 is 0 Å². The molecule has 0 saturated carbocycles. The molecule has 0 bridgehead atoms. The van der Waals surface area contributed by atoms with Crippen molar-refractivity contribution in [1.29, 1.82) is 0 Å². The molecule has 0 atom stereocenters. The van der Waals surface area contributed by atoms with Crippen LogP contribution in [0.4, 0.5) is 0 Å². The van der Waals surface area contributed by atoms with E-state index in [2.05, 4.69) is 59.5 Å². The van der Waals surface area contributed by atoms with Gasteiger partial charge in [-0.3, -0.25) is 0 Å². The lowest BCUT2D eigenvalue weighted by atomic mass is 10.0. The van der Waals surface area contributed by atoms with E-state index in [-0.39, 0.29) is 0 Å². The molecule has 0 amide bonds. The average molecular weight is 367 g/mol. The number of unbranched alkanes of at least 4 members (excludes halogenated alkanes) is 7. The van der Waals surface area contributed by atoms with Crippen LogP contribution in [0, 0.1) is 6.92 Å². The fraction of sp³-hybridized carbons (Fsp3) is 0.647. The van der Waals surface area contributed by atoms with Crippen molar-refractivity contribution < 1.29 is 8.42 Å². The normalized spacial score (nSPS) is 10.9.